The quantitative estimate of drug-likeness (QED) is 0.713. The van der Waals surface area contributed by atoms with E-state index in [1.165, 1.54) is 17.7 Å². The Morgan fingerprint density at radius 3 is 2.46 bits per heavy atom. The van der Waals surface area contributed by atoms with Crippen LogP contribution in [0.1, 0.15) is 22.3 Å². The third-order valence-corrected chi connectivity index (χ3v) is 5.18. The first kappa shape index (κ1) is 18.4. The van der Waals surface area contributed by atoms with E-state index in [0.29, 0.717) is 5.56 Å². The van der Waals surface area contributed by atoms with Crippen LogP contribution in [-0.2, 0) is 6.54 Å². The van der Waals surface area contributed by atoms with Gasteiger partial charge in [-0.1, -0.05) is 60.7 Å². The molecule has 1 aliphatic heterocycles. The normalized spacial score (nSPS) is 16.8. The smallest absolute Gasteiger partial charge is 0.252 e. The number of benzene rings is 3. The predicted molar refractivity (Wildman–Crippen MR) is 109 cm³/mol. The number of nitrogens with one attached hydrogen (secondary N) is 1. The fourth-order valence-electron chi connectivity index (χ4n) is 3.76. The third-order valence-electron chi connectivity index (χ3n) is 5.18. The summed E-state index contributed by atoms with van der Waals surface area (Å²) in [7, 11) is 0. The van der Waals surface area contributed by atoms with Crippen LogP contribution in [0.25, 0.3) is 11.1 Å². The van der Waals surface area contributed by atoms with E-state index in [2.05, 4.69) is 34.5 Å². The molecule has 4 heteroatoms. The average molecular weight is 374 g/mol. The number of halogens is 1. The molecule has 0 bridgehead atoms. The van der Waals surface area contributed by atoms with E-state index >= 15 is 0 Å². The van der Waals surface area contributed by atoms with Gasteiger partial charge in [0.15, 0.2) is 0 Å². The summed E-state index contributed by atoms with van der Waals surface area (Å²) in [6, 6.07) is 24.3. The summed E-state index contributed by atoms with van der Waals surface area (Å²) in [5.74, 6) is -0.360. The number of hydrogen-bond donors (Lipinski definition) is 1. The van der Waals surface area contributed by atoms with Crippen molar-refractivity contribution in [2.45, 2.75) is 19.0 Å². The Labute approximate surface area is 164 Å². The van der Waals surface area contributed by atoms with Gasteiger partial charge in [0.2, 0.25) is 0 Å². The Morgan fingerprint density at radius 2 is 1.68 bits per heavy atom. The van der Waals surface area contributed by atoms with Gasteiger partial charge in [0.05, 0.1) is 0 Å². The van der Waals surface area contributed by atoms with Crippen molar-refractivity contribution in [2.24, 2.45) is 0 Å². The minimum Gasteiger partial charge on any atom is -0.348 e. The molecule has 1 N–H and O–H groups in total. The first-order valence-electron chi connectivity index (χ1n) is 9.61. The average Bonchev–Trinajstić information content (AvgIpc) is 3.16. The second kappa shape index (κ2) is 8.36. The van der Waals surface area contributed by atoms with Gasteiger partial charge in [0, 0.05) is 31.2 Å². The second-order valence-electron chi connectivity index (χ2n) is 7.23. The highest BCUT2D eigenvalue weighted by Gasteiger charge is 2.25. The van der Waals surface area contributed by atoms with Gasteiger partial charge in [-0.3, -0.25) is 9.69 Å². The van der Waals surface area contributed by atoms with Crippen molar-refractivity contribution in [2.75, 3.05) is 13.1 Å². The molecule has 3 nitrogen and oxygen atoms in total. The van der Waals surface area contributed by atoms with E-state index in [9.17, 15) is 9.18 Å². The topological polar surface area (TPSA) is 32.3 Å². The molecule has 1 amide bonds. The summed E-state index contributed by atoms with van der Waals surface area (Å²) >= 11 is 0. The first-order valence-corrected chi connectivity index (χ1v) is 9.61. The van der Waals surface area contributed by atoms with E-state index in [4.69, 9.17) is 0 Å². The molecular formula is C24H23FN2O. The number of rotatable bonds is 5. The zero-order chi connectivity index (χ0) is 19.3. The van der Waals surface area contributed by atoms with E-state index in [0.717, 1.165) is 37.2 Å². The van der Waals surface area contributed by atoms with Crippen molar-refractivity contribution in [3.05, 3.63) is 95.8 Å². The van der Waals surface area contributed by atoms with E-state index in [1.807, 2.05) is 30.3 Å². The monoisotopic (exact) mass is 374 g/mol. The molecule has 3 aromatic rings. The molecule has 0 radical (unpaired) electrons. The lowest BCUT2D eigenvalue weighted by Crippen LogP contribution is -2.37. The van der Waals surface area contributed by atoms with E-state index < -0.39 is 0 Å². The summed E-state index contributed by atoms with van der Waals surface area (Å²) in [6.07, 6.45) is 0.942. The summed E-state index contributed by atoms with van der Waals surface area (Å²) in [5.41, 5.74) is 3.56. The predicted octanol–water partition coefficient (Wildman–Crippen LogP) is 4.50. The Hall–Kier alpha value is -2.98. The number of likely N-dealkylation sites (tertiary alicyclic amines) is 1. The molecule has 0 spiro atoms. The molecule has 4 rings (SSSR count). The zero-order valence-corrected chi connectivity index (χ0v) is 15.6. The molecule has 1 atom stereocenters. The highest BCUT2D eigenvalue weighted by Crippen LogP contribution is 2.24. The molecule has 1 heterocycles. The maximum atomic E-state index is 13.2. The highest BCUT2D eigenvalue weighted by molar-refractivity contribution is 6.01. The third kappa shape index (κ3) is 4.29. The molecular weight excluding hydrogens is 351 g/mol. The molecule has 1 aliphatic rings. The van der Waals surface area contributed by atoms with Gasteiger partial charge in [-0.05, 0) is 41.3 Å². The van der Waals surface area contributed by atoms with Gasteiger partial charge in [0.1, 0.15) is 5.82 Å². The molecule has 3 aromatic carbocycles. The summed E-state index contributed by atoms with van der Waals surface area (Å²) < 4.78 is 13.2. The van der Waals surface area contributed by atoms with Gasteiger partial charge >= 0.3 is 0 Å². The van der Waals surface area contributed by atoms with Crippen LogP contribution in [0.2, 0.25) is 0 Å². The van der Waals surface area contributed by atoms with Crippen molar-refractivity contribution in [1.29, 1.82) is 0 Å². The number of nitrogens with zero attached hydrogens (tertiary/aromatic N) is 1. The molecule has 1 unspecified atom stereocenters. The Morgan fingerprint density at radius 1 is 0.964 bits per heavy atom. The van der Waals surface area contributed by atoms with Crippen LogP contribution in [0.15, 0.2) is 78.9 Å². The summed E-state index contributed by atoms with van der Waals surface area (Å²) in [4.78, 5) is 15.3. The van der Waals surface area contributed by atoms with Crippen LogP contribution in [0.4, 0.5) is 4.39 Å². The Kier molecular flexibility index (Phi) is 5.49. The van der Waals surface area contributed by atoms with Crippen LogP contribution in [-0.4, -0.2) is 29.9 Å². The summed E-state index contributed by atoms with van der Waals surface area (Å²) in [6.45, 7) is 2.72. The van der Waals surface area contributed by atoms with Crippen molar-refractivity contribution in [3.63, 3.8) is 0 Å². The molecule has 28 heavy (non-hydrogen) atoms. The molecule has 0 aromatic heterocycles. The largest absolute Gasteiger partial charge is 0.348 e. The van der Waals surface area contributed by atoms with Crippen LogP contribution in [0.3, 0.4) is 0 Å². The summed E-state index contributed by atoms with van der Waals surface area (Å²) in [5, 5.41) is 3.18. The molecule has 1 saturated heterocycles. The Balaban J connectivity index is 1.43. The lowest BCUT2D eigenvalue weighted by atomic mass is 9.99. The molecule has 0 saturated carbocycles. The zero-order valence-electron chi connectivity index (χ0n) is 15.6. The molecule has 142 valence electrons. The van der Waals surface area contributed by atoms with E-state index in [1.54, 1.807) is 12.1 Å². The maximum absolute atomic E-state index is 13.2. The minimum absolute atomic E-state index is 0.0773. The lowest BCUT2D eigenvalue weighted by molar-refractivity contribution is 0.0938. The van der Waals surface area contributed by atoms with Gasteiger partial charge < -0.3 is 5.32 Å². The van der Waals surface area contributed by atoms with Crippen LogP contribution < -0.4 is 5.32 Å². The fourth-order valence-corrected chi connectivity index (χ4v) is 3.76. The molecule has 0 aliphatic carbocycles. The maximum Gasteiger partial charge on any atom is 0.252 e. The van der Waals surface area contributed by atoms with Crippen LogP contribution in [0, 0.1) is 5.82 Å². The second-order valence-corrected chi connectivity index (χ2v) is 7.23. The number of carbonyl (C=O) groups excluding carboxylic acids is 1. The number of hydrogen-bond acceptors (Lipinski definition) is 2. The minimum atomic E-state index is -0.282. The van der Waals surface area contributed by atoms with Crippen LogP contribution in [0.5, 0.6) is 0 Å². The van der Waals surface area contributed by atoms with Gasteiger partial charge in [-0.2, -0.15) is 0 Å². The van der Waals surface area contributed by atoms with E-state index in [-0.39, 0.29) is 17.8 Å². The lowest BCUT2D eigenvalue weighted by Gasteiger charge is -2.17. The SMILES string of the molecule is O=C(NC1CCN(Cc2ccccc2)C1)c1ccccc1-c1ccc(F)cc1. The highest BCUT2D eigenvalue weighted by atomic mass is 19.1. The van der Waals surface area contributed by atoms with Crippen molar-refractivity contribution in [3.8, 4) is 11.1 Å². The number of amides is 1. The van der Waals surface area contributed by atoms with Crippen molar-refractivity contribution < 1.29 is 9.18 Å². The fraction of sp³-hybridized carbons (Fsp3) is 0.208. The first-order chi connectivity index (χ1) is 13.7. The standard InChI is InChI=1S/C24H23FN2O/c25-20-12-10-19(11-13-20)22-8-4-5-9-23(22)24(28)26-21-14-15-27(17-21)16-18-6-2-1-3-7-18/h1-13,21H,14-17H2,(H,26,28). The van der Waals surface area contributed by atoms with Gasteiger partial charge in [-0.25, -0.2) is 4.39 Å². The Bertz CT molecular complexity index is 940. The van der Waals surface area contributed by atoms with Crippen LogP contribution >= 0.6 is 0 Å². The van der Waals surface area contributed by atoms with Crippen molar-refractivity contribution >= 4 is 5.91 Å². The number of carbonyl (C=O) groups is 1. The van der Waals surface area contributed by atoms with Gasteiger partial charge in [-0.15, -0.1) is 0 Å². The molecule has 1 fully saturated rings. The van der Waals surface area contributed by atoms with Gasteiger partial charge in [0.25, 0.3) is 5.91 Å². The van der Waals surface area contributed by atoms with Crippen molar-refractivity contribution in [1.82, 2.24) is 10.2 Å².